The summed E-state index contributed by atoms with van der Waals surface area (Å²) in [6.07, 6.45) is 3.86. The fourth-order valence-electron chi connectivity index (χ4n) is 2.61. The van der Waals surface area contributed by atoms with Crippen molar-refractivity contribution in [2.75, 3.05) is 6.66 Å². The first-order valence-electron chi connectivity index (χ1n) is 6.27. The molecule has 0 nitrogen and oxygen atoms in total. The summed E-state index contributed by atoms with van der Waals surface area (Å²) in [6, 6.07) is 15.9. The Balaban J connectivity index is 2.03. The summed E-state index contributed by atoms with van der Waals surface area (Å²) in [5.74, 6) is 0. The lowest BCUT2D eigenvalue weighted by atomic mass is 10.0. The molecule has 86 valence electrons. The highest BCUT2D eigenvalue weighted by Crippen LogP contribution is 2.28. The van der Waals surface area contributed by atoms with Crippen molar-refractivity contribution in [2.45, 2.75) is 19.3 Å². The number of rotatable bonds is 2. The molecule has 0 amide bonds. The SMILES string of the molecule is CPc1cccc(-c2ccc3c(c2)CCC3)c1. The molecule has 0 fully saturated rings. The van der Waals surface area contributed by atoms with Crippen LogP contribution in [0.1, 0.15) is 17.5 Å². The highest BCUT2D eigenvalue weighted by atomic mass is 31.1. The molecule has 0 bridgehead atoms. The summed E-state index contributed by atoms with van der Waals surface area (Å²) >= 11 is 0. The lowest BCUT2D eigenvalue weighted by molar-refractivity contribution is 0.912. The summed E-state index contributed by atoms with van der Waals surface area (Å²) in [5, 5.41) is 1.45. The van der Waals surface area contributed by atoms with Crippen LogP contribution in [0.2, 0.25) is 0 Å². The standard InChI is InChI=1S/C16H17P/c1-17-16-7-3-6-14(11-16)15-9-8-12-4-2-5-13(12)10-15/h3,6-11,17H,2,4-5H2,1H3. The molecule has 0 radical (unpaired) electrons. The first-order chi connectivity index (χ1) is 8.36. The highest BCUT2D eigenvalue weighted by Gasteiger charge is 2.11. The zero-order valence-corrected chi connectivity index (χ0v) is 11.2. The average molecular weight is 240 g/mol. The molecule has 0 saturated carbocycles. The normalized spacial score (nSPS) is 14.4. The minimum Gasteiger partial charge on any atom is -0.0936 e. The van der Waals surface area contributed by atoms with Crippen LogP contribution in [0.25, 0.3) is 11.1 Å². The van der Waals surface area contributed by atoms with Crippen molar-refractivity contribution >= 4 is 13.9 Å². The second-order valence-electron chi connectivity index (χ2n) is 4.67. The van der Waals surface area contributed by atoms with E-state index in [9.17, 15) is 0 Å². The van der Waals surface area contributed by atoms with E-state index in [-0.39, 0.29) is 0 Å². The second kappa shape index (κ2) is 4.63. The molecule has 2 aromatic carbocycles. The lowest BCUT2D eigenvalue weighted by Crippen LogP contribution is -1.93. The quantitative estimate of drug-likeness (QED) is 0.701. The average Bonchev–Trinajstić information content (AvgIpc) is 2.86. The number of fused-ring (bicyclic) bond motifs is 1. The molecule has 1 aliphatic carbocycles. The van der Waals surface area contributed by atoms with Crippen molar-refractivity contribution in [3.8, 4) is 11.1 Å². The zero-order chi connectivity index (χ0) is 11.7. The molecule has 1 aliphatic rings. The largest absolute Gasteiger partial charge is 0.0936 e. The van der Waals surface area contributed by atoms with E-state index in [1.165, 1.54) is 35.7 Å². The van der Waals surface area contributed by atoms with Crippen molar-refractivity contribution in [3.05, 3.63) is 53.6 Å². The third-order valence-corrected chi connectivity index (χ3v) is 4.47. The van der Waals surface area contributed by atoms with Crippen LogP contribution in [-0.2, 0) is 12.8 Å². The van der Waals surface area contributed by atoms with Crippen LogP contribution in [0.4, 0.5) is 0 Å². The van der Waals surface area contributed by atoms with Crippen molar-refractivity contribution < 1.29 is 0 Å². The van der Waals surface area contributed by atoms with E-state index in [2.05, 4.69) is 49.1 Å². The van der Waals surface area contributed by atoms with E-state index in [1.54, 1.807) is 11.1 Å². The molecule has 1 unspecified atom stereocenters. The highest BCUT2D eigenvalue weighted by molar-refractivity contribution is 7.46. The predicted molar refractivity (Wildman–Crippen MR) is 77.8 cm³/mol. The summed E-state index contributed by atoms with van der Waals surface area (Å²) in [6.45, 7) is 2.24. The molecule has 2 aromatic rings. The van der Waals surface area contributed by atoms with Gasteiger partial charge in [-0.05, 0) is 59.6 Å². The van der Waals surface area contributed by atoms with Gasteiger partial charge in [0.1, 0.15) is 0 Å². The Kier molecular flexibility index (Phi) is 2.99. The van der Waals surface area contributed by atoms with Crippen LogP contribution in [0.15, 0.2) is 42.5 Å². The molecule has 0 aromatic heterocycles. The Bertz CT molecular complexity index is 543. The molecule has 1 atom stereocenters. The van der Waals surface area contributed by atoms with Gasteiger partial charge in [-0.3, -0.25) is 0 Å². The number of benzene rings is 2. The Labute approximate surface area is 105 Å². The molecule has 17 heavy (non-hydrogen) atoms. The van der Waals surface area contributed by atoms with Gasteiger partial charge >= 0.3 is 0 Å². The fraction of sp³-hybridized carbons (Fsp3) is 0.250. The van der Waals surface area contributed by atoms with E-state index in [0.29, 0.717) is 0 Å². The van der Waals surface area contributed by atoms with Gasteiger partial charge in [0.05, 0.1) is 0 Å². The first kappa shape index (κ1) is 11.0. The molecule has 3 rings (SSSR count). The molecule has 0 spiro atoms. The third-order valence-electron chi connectivity index (χ3n) is 3.58. The van der Waals surface area contributed by atoms with Crippen LogP contribution in [0.5, 0.6) is 0 Å². The van der Waals surface area contributed by atoms with Gasteiger partial charge in [-0.25, -0.2) is 0 Å². The smallest absolute Gasteiger partial charge is 0.0178 e. The molecular weight excluding hydrogens is 223 g/mol. The van der Waals surface area contributed by atoms with Crippen LogP contribution in [0, 0.1) is 0 Å². The van der Waals surface area contributed by atoms with E-state index in [0.717, 1.165) is 8.58 Å². The molecule has 0 N–H and O–H groups in total. The van der Waals surface area contributed by atoms with Crippen molar-refractivity contribution in [2.24, 2.45) is 0 Å². The Hall–Kier alpha value is -1.13. The maximum Gasteiger partial charge on any atom is -0.0178 e. The van der Waals surface area contributed by atoms with Crippen LogP contribution >= 0.6 is 8.58 Å². The van der Waals surface area contributed by atoms with Gasteiger partial charge in [-0.2, -0.15) is 0 Å². The van der Waals surface area contributed by atoms with Gasteiger partial charge in [0.2, 0.25) is 0 Å². The monoisotopic (exact) mass is 240 g/mol. The van der Waals surface area contributed by atoms with Crippen LogP contribution < -0.4 is 5.30 Å². The van der Waals surface area contributed by atoms with E-state index in [1.807, 2.05) is 0 Å². The number of hydrogen-bond acceptors (Lipinski definition) is 0. The van der Waals surface area contributed by atoms with Crippen molar-refractivity contribution in [1.29, 1.82) is 0 Å². The predicted octanol–water partition coefficient (Wildman–Crippen LogP) is 3.78. The molecule has 0 heterocycles. The Morgan fingerprint density at radius 2 is 1.71 bits per heavy atom. The van der Waals surface area contributed by atoms with Crippen LogP contribution in [0.3, 0.4) is 0 Å². The number of aryl methyl sites for hydroxylation is 2. The molecular formula is C16H17P. The molecule has 0 aliphatic heterocycles. The van der Waals surface area contributed by atoms with E-state index >= 15 is 0 Å². The van der Waals surface area contributed by atoms with Gasteiger partial charge in [0, 0.05) is 0 Å². The van der Waals surface area contributed by atoms with Gasteiger partial charge in [0.15, 0.2) is 0 Å². The van der Waals surface area contributed by atoms with Gasteiger partial charge in [-0.1, -0.05) is 45.0 Å². The Morgan fingerprint density at radius 3 is 2.59 bits per heavy atom. The summed E-state index contributed by atoms with van der Waals surface area (Å²) in [4.78, 5) is 0. The number of hydrogen-bond donors (Lipinski definition) is 0. The fourth-order valence-corrected chi connectivity index (χ4v) is 3.17. The maximum atomic E-state index is 2.39. The molecule has 1 heteroatoms. The van der Waals surface area contributed by atoms with Crippen LogP contribution in [-0.4, -0.2) is 6.66 Å². The topological polar surface area (TPSA) is 0 Å². The second-order valence-corrected chi connectivity index (χ2v) is 5.75. The van der Waals surface area contributed by atoms with Gasteiger partial charge in [0.25, 0.3) is 0 Å². The minimum atomic E-state index is 0.879. The molecule has 0 saturated heterocycles. The first-order valence-corrected chi connectivity index (χ1v) is 7.77. The summed E-state index contributed by atoms with van der Waals surface area (Å²) in [5.41, 5.74) is 5.87. The van der Waals surface area contributed by atoms with Gasteiger partial charge in [-0.15, -0.1) is 0 Å². The van der Waals surface area contributed by atoms with Crippen molar-refractivity contribution in [1.82, 2.24) is 0 Å². The Morgan fingerprint density at radius 1 is 0.882 bits per heavy atom. The van der Waals surface area contributed by atoms with E-state index < -0.39 is 0 Å². The van der Waals surface area contributed by atoms with Gasteiger partial charge < -0.3 is 0 Å². The third kappa shape index (κ3) is 2.15. The summed E-state index contributed by atoms with van der Waals surface area (Å²) in [7, 11) is 0.879. The lowest BCUT2D eigenvalue weighted by Gasteiger charge is -2.06. The van der Waals surface area contributed by atoms with E-state index in [4.69, 9.17) is 0 Å². The maximum absolute atomic E-state index is 2.39. The van der Waals surface area contributed by atoms with Crippen molar-refractivity contribution in [3.63, 3.8) is 0 Å². The zero-order valence-electron chi connectivity index (χ0n) is 10.2. The minimum absolute atomic E-state index is 0.879. The summed E-state index contributed by atoms with van der Waals surface area (Å²) < 4.78 is 0.